The molecule has 24 heavy (non-hydrogen) atoms. The normalized spacial score (nSPS) is 14.5. The number of ether oxygens (including phenoxy) is 1. The van der Waals surface area contributed by atoms with Gasteiger partial charge < -0.3 is 15.0 Å². The number of hydrogen-bond donors (Lipinski definition) is 1. The molecular formula is C18H34N4OS. The molecule has 5 nitrogen and oxygen atoms in total. The lowest BCUT2D eigenvalue weighted by Crippen LogP contribution is -2.40. The lowest BCUT2D eigenvalue weighted by atomic mass is 9.99. The highest BCUT2D eigenvalue weighted by atomic mass is 32.1. The Labute approximate surface area is 151 Å². The third-order valence-corrected chi connectivity index (χ3v) is 5.39. The molecule has 2 atom stereocenters. The summed E-state index contributed by atoms with van der Waals surface area (Å²) in [5, 5.41) is 6.64. The Morgan fingerprint density at radius 2 is 2.21 bits per heavy atom. The maximum atomic E-state index is 5.33. The van der Waals surface area contributed by atoms with E-state index in [4.69, 9.17) is 4.74 Å². The van der Waals surface area contributed by atoms with Gasteiger partial charge in [0.2, 0.25) is 0 Å². The molecule has 0 aromatic carbocycles. The molecule has 1 heterocycles. The molecule has 0 fully saturated rings. The van der Waals surface area contributed by atoms with Gasteiger partial charge in [-0.05, 0) is 19.3 Å². The molecule has 1 rings (SSSR count). The van der Waals surface area contributed by atoms with Crippen molar-refractivity contribution in [3.05, 3.63) is 16.1 Å². The number of unbranched alkanes of at least 4 members (excludes halogenated alkanes) is 1. The first kappa shape index (κ1) is 20.9. The molecule has 1 N–H and O–H groups in total. The van der Waals surface area contributed by atoms with E-state index in [0.717, 1.165) is 29.8 Å². The van der Waals surface area contributed by atoms with Crippen molar-refractivity contribution < 1.29 is 4.74 Å². The summed E-state index contributed by atoms with van der Waals surface area (Å²) in [6, 6.07) is 0. The first-order valence-corrected chi connectivity index (χ1v) is 9.82. The monoisotopic (exact) mass is 354 g/mol. The van der Waals surface area contributed by atoms with Crippen LogP contribution < -0.4 is 5.32 Å². The van der Waals surface area contributed by atoms with Crippen LogP contribution >= 0.6 is 11.3 Å². The smallest absolute Gasteiger partial charge is 0.193 e. The van der Waals surface area contributed by atoms with Crippen LogP contribution in [0.1, 0.15) is 63.3 Å². The van der Waals surface area contributed by atoms with Crippen LogP contribution in [0.3, 0.4) is 0 Å². The molecule has 0 aliphatic carbocycles. The largest absolute Gasteiger partial charge is 0.375 e. The minimum atomic E-state index is 0.0513. The number of nitrogens with zero attached hydrogens (tertiary/aromatic N) is 3. The van der Waals surface area contributed by atoms with Crippen molar-refractivity contribution >= 4 is 17.3 Å². The third kappa shape index (κ3) is 6.77. The first-order valence-electron chi connectivity index (χ1n) is 8.94. The van der Waals surface area contributed by atoms with Gasteiger partial charge in [-0.2, -0.15) is 0 Å². The van der Waals surface area contributed by atoms with E-state index in [0.29, 0.717) is 5.92 Å². The average molecular weight is 355 g/mol. The second-order valence-corrected chi connectivity index (χ2v) is 7.15. The number of methoxy groups -OCH3 is 1. The minimum absolute atomic E-state index is 0.0513. The average Bonchev–Trinajstić information content (AvgIpc) is 3.05. The molecular weight excluding hydrogens is 320 g/mol. The maximum Gasteiger partial charge on any atom is 0.193 e. The molecule has 0 bridgehead atoms. The van der Waals surface area contributed by atoms with Crippen LogP contribution in [0, 0.1) is 5.92 Å². The van der Waals surface area contributed by atoms with Crippen molar-refractivity contribution in [2.75, 3.05) is 27.7 Å². The number of aliphatic imine (C=N–C) groups is 1. The number of guanidine groups is 1. The molecule has 0 saturated carbocycles. The molecule has 0 aliphatic heterocycles. The lowest BCUT2D eigenvalue weighted by Gasteiger charge is -2.23. The van der Waals surface area contributed by atoms with Crippen LogP contribution in [-0.4, -0.2) is 43.6 Å². The summed E-state index contributed by atoms with van der Waals surface area (Å²) >= 11 is 1.65. The molecule has 1 aromatic rings. The van der Waals surface area contributed by atoms with Gasteiger partial charge in [-0.1, -0.05) is 33.1 Å². The predicted octanol–water partition coefficient (Wildman–Crippen LogP) is 4.07. The SMILES string of the molecule is CCCCC(CC)CNC(=NC)N(C)Cc1csc(C(C)OC)n1. The molecule has 0 radical (unpaired) electrons. The summed E-state index contributed by atoms with van der Waals surface area (Å²) in [5.74, 6) is 1.64. The van der Waals surface area contributed by atoms with E-state index in [9.17, 15) is 0 Å². The maximum absolute atomic E-state index is 5.33. The number of thiazole rings is 1. The van der Waals surface area contributed by atoms with Crippen LogP contribution in [0.2, 0.25) is 0 Å². The van der Waals surface area contributed by atoms with Crippen LogP contribution in [0.15, 0.2) is 10.4 Å². The molecule has 0 spiro atoms. The fourth-order valence-electron chi connectivity index (χ4n) is 2.56. The standard InChI is InChI=1S/C18H34N4OS/c1-7-9-10-15(8-2)11-20-18(19-4)22(5)12-16-13-24-17(21-16)14(3)23-6/h13-15H,7-12H2,1-6H3,(H,19,20). The molecule has 0 saturated heterocycles. The molecule has 0 aliphatic rings. The van der Waals surface area contributed by atoms with Crippen molar-refractivity contribution in [1.29, 1.82) is 0 Å². The summed E-state index contributed by atoms with van der Waals surface area (Å²) in [6.45, 7) is 8.27. The van der Waals surface area contributed by atoms with Gasteiger partial charge in [-0.15, -0.1) is 11.3 Å². The van der Waals surface area contributed by atoms with Crippen LogP contribution in [0.5, 0.6) is 0 Å². The van der Waals surface area contributed by atoms with Gasteiger partial charge in [0, 0.05) is 33.1 Å². The Balaban J connectivity index is 2.54. The Morgan fingerprint density at radius 3 is 2.79 bits per heavy atom. The van der Waals surface area contributed by atoms with E-state index in [1.807, 2.05) is 14.0 Å². The van der Waals surface area contributed by atoms with Crippen LogP contribution in [0.25, 0.3) is 0 Å². The summed E-state index contributed by atoms with van der Waals surface area (Å²) in [6.07, 6.45) is 5.10. The Bertz CT molecular complexity index is 489. The Hall–Kier alpha value is -1.14. The zero-order valence-corrected chi connectivity index (χ0v) is 16.9. The lowest BCUT2D eigenvalue weighted by molar-refractivity contribution is 0.119. The molecule has 6 heteroatoms. The molecule has 1 aromatic heterocycles. The first-order chi connectivity index (χ1) is 11.5. The summed E-state index contributed by atoms with van der Waals surface area (Å²) in [5.41, 5.74) is 1.06. The minimum Gasteiger partial charge on any atom is -0.375 e. The Kier molecular flexibility index (Phi) is 9.95. The van der Waals surface area contributed by atoms with E-state index in [1.54, 1.807) is 18.4 Å². The van der Waals surface area contributed by atoms with Crippen molar-refractivity contribution in [2.24, 2.45) is 10.9 Å². The topological polar surface area (TPSA) is 49.8 Å². The summed E-state index contributed by atoms with van der Waals surface area (Å²) < 4.78 is 5.33. The van der Waals surface area contributed by atoms with Gasteiger partial charge in [0.1, 0.15) is 11.1 Å². The van der Waals surface area contributed by atoms with Gasteiger partial charge >= 0.3 is 0 Å². The second-order valence-electron chi connectivity index (χ2n) is 6.26. The zero-order valence-electron chi connectivity index (χ0n) is 16.1. The number of nitrogens with one attached hydrogen (secondary N) is 1. The van der Waals surface area contributed by atoms with E-state index >= 15 is 0 Å². The summed E-state index contributed by atoms with van der Waals surface area (Å²) in [7, 11) is 5.61. The van der Waals surface area contributed by atoms with Crippen molar-refractivity contribution in [3.63, 3.8) is 0 Å². The molecule has 138 valence electrons. The fourth-order valence-corrected chi connectivity index (χ4v) is 3.41. The van der Waals surface area contributed by atoms with E-state index in [2.05, 4.69) is 46.5 Å². The van der Waals surface area contributed by atoms with E-state index in [1.165, 1.54) is 25.7 Å². The van der Waals surface area contributed by atoms with Crippen molar-refractivity contribution in [3.8, 4) is 0 Å². The highest BCUT2D eigenvalue weighted by Crippen LogP contribution is 2.21. The predicted molar refractivity (Wildman–Crippen MR) is 104 cm³/mol. The third-order valence-electron chi connectivity index (χ3n) is 4.34. The van der Waals surface area contributed by atoms with E-state index in [-0.39, 0.29) is 6.10 Å². The number of hydrogen-bond acceptors (Lipinski definition) is 4. The van der Waals surface area contributed by atoms with Crippen molar-refractivity contribution in [2.45, 2.75) is 59.1 Å². The zero-order chi connectivity index (χ0) is 17.9. The van der Waals surface area contributed by atoms with Gasteiger partial charge in [-0.25, -0.2) is 4.98 Å². The summed E-state index contributed by atoms with van der Waals surface area (Å²) in [4.78, 5) is 11.2. The van der Waals surface area contributed by atoms with Crippen LogP contribution in [-0.2, 0) is 11.3 Å². The van der Waals surface area contributed by atoms with Gasteiger partial charge in [0.25, 0.3) is 0 Å². The highest BCUT2D eigenvalue weighted by Gasteiger charge is 2.13. The number of aromatic nitrogens is 1. The Morgan fingerprint density at radius 1 is 1.46 bits per heavy atom. The van der Waals surface area contributed by atoms with Gasteiger partial charge in [0.15, 0.2) is 5.96 Å². The fraction of sp³-hybridized carbons (Fsp3) is 0.778. The van der Waals surface area contributed by atoms with Crippen LogP contribution in [0.4, 0.5) is 0 Å². The van der Waals surface area contributed by atoms with Crippen molar-refractivity contribution in [1.82, 2.24) is 15.2 Å². The highest BCUT2D eigenvalue weighted by molar-refractivity contribution is 7.09. The number of rotatable bonds is 10. The van der Waals surface area contributed by atoms with Gasteiger partial charge in [-0.3, -0.25) is 4.99 Å². The second kappa shape index (κ2) is 11.4. The molecule has 0 amide bonds. The van der Waals surface area contributed by atoms with Gasteiger partial charge in [0.05, 0.1) is 12.2 Å². The van der Waals surface area contributed by atoms with E-state index < -0.39 is 0 Å². The quantitative estimate of drug-likeness (QED) is 0.508. The molecule has 2 unspecified atom stereocenters.